The number of aromatic nitrogens is 3. The van der Waals surface area contributed by atoms with Gasteiger partial charge in [0.1, 0.15) is 5.82 Å². The molecule has 2 aromatic carbocycles. The predicted molar refractivity (Wildman–Crippen MR) is 98.1 cm³/mol. The minimum atomic E-state index is -0.605. The number of rotatable bonds is 3. The van der Waals surface area contributed by atoms with Gasteiger partial charge in [0.2, 0.25) is 0 Å². The van der Waals surface area contributed by atoms with Crippen molar-refractivity contribution in [1.82, 2.24) is 14.8 Å². The molecule has 2 heterocycles. The van der Waals surface area contributed by atoms with E-state index in [1.54, 1.807) is 43.3 Å². The minimum Gasteiger partial charge on any atom is -0.460 e. The SMILES string of the molecule is CCOC(=O)c1nc2n(n1)-c1ccc(Cl)cc1C(c1ccccc1F)=NC2. The second kappa shape index (κ2) is 6.92. The number of hydrogen-bond acceptors (Lipinski definition) is 5. The van der Waals surface area contributed by atoms with Crippen molar-refractivity contribution in [3.63, 3.8) is 0 Å². The molecule has 4 rings (SSSR count). The van der Waals surface area contributed by atoms with Crippen molar-refractivity contribution in [2.45, 2.75) is 13.5 Å². The number of benzene rings is 2. The molecule has 27 heavy (non-hydrogen) atoms. The lowest BCUT2D eigenvalue weighted by atomic mass is 10.00. The van der Waals surface area contributed by atoms with Gasteiger partial charge in [-0.05, 0) is 37.3 Å². The van der Waals surface area contributed by atoms with E-state index in [4.69, 9.17) is 16.3 Å². The Balaban J connectivity index is 1.90. The standard InChI is InChI=1S/C19H14ClFN4O2/c1-2-27-19(26)18-23-16-10-22-17(12-5-3-4-6-14(12)21)13-9-11(20)7-8-15(13)25(16)24-18/h3-9H,2,10H2,1H3. The average Bonchev–Trinajstić information content (AvgIpc) is 3.02. The summed E-state index contributed by atoms with van der Waals surface area (Å²) in [5.74, 6) is -0.584. The van der Waals surface area contributed by atoms with Crippen molar-refractivity contribution in [2.75, 3.05) is 6.61 Å². The van der Waals surface area contributed by atoms with Crippen molar-refractivity contribution in [3.05, 3.63) is 76.1 Å². The van der Waals surface area contributed by atoms with Gasteiger partial charge in [0, 0.05) is 16.1 Å². The molecular formula is C19H14ClFN4O2. The van der Waals surface area contributed by atoms with Crippen LogP contribution in [0.25, 0.3) is 5.69 Å². The number of hydrogen-bond donors (Lipinski definition) is 0. The van der Waals surface area contributed by atoms with Crippen LogP contribution in [-0.4, -0.2) is 33.1 Å². The number of aliphatic imine (C=N–C) groups is 1. The molecule has 0 amide bonds. The van der Waals surface area contributed by atoms with Crippen LogP contribution in [0.4, 0.5) is 4.39 Å². The van der Waals surface area contributed by atoms with E-state index in [1.165, 1.54) is 10.7 Å². The summed E-state index contributed by atoms with van der Waals surface area (Å²) in [7, 11) is 0. The smallest absolute Gasteiger partial charge is 0.378 e. The Kier molecular flexibility index (Phi) is 4.45. The van der Waals surface area contributed by atoms with Crippen molar-refractivity contribution in [1.29, 1.82) is 0 Å². The summed E-state index contributed by atoms with van der Waals surface area (Å²) in [6.07, 6.45) is 0. The van der Waals surface area contributed by atoms with E-state index >= 15 is 0 Å². The van der Waals surface area contributed by atoms with Crippen LogP contribution in [-0.2, 0) is 11.3 Å². The molecule has 0 bridgehead atoms. The summed E-state index contributed by atoms with van der Waals surface area (Å²) < 4.78 is 20.9. The third kappa shape index (κ3) is 3.10. The fourth-order valence-electron chi connectivity index (χ4n) is 2.92. The first-order valence-corrected chi connectivity index (χ1v) is 8.69. The van der Waals surface area contributed by atoms with Gasteiger partial charge >= 0.3 is 5.97 Å². The van der Waals surface area contributed by atoms with E-state index in [0.717, 1.165) is 0 Å². The van der Waals surface area contributed by atoms with E-state index in [9.17, 15) is 9.18 Å². The Morgan fingerprint density at radius 1 is 1.26 bits per heavy atom. The van der Waals surface area contributed by atoms with Crippen molar-refractivity contribution < 1.29 is 13.9 Å². The van der Waals surface area contributed by atoms with E-state index < -0.39 is 5.97 Å². The van der Waals surface area contributed by atoms with Crippen LogP contribution in [0.15, 0.2) is 47.5 Å². The molecule has 6 nitrogen and oxygen atoms in total. The zero-order valence-electron chi connectivity index (χ0n) is 14.3. The summed E-state index contributed by atoms with van der Waals surface area (Å²) >= 11 is 6.18. The number of halogens is 2. The first-order valence-electron chi connectivity index (χ1n) is 8.31. The van der Waals surface area contributed by atoms with Crippen LogP contribution in [0, 0.1) is 5.82 Å². The number of carbonyl (C=O) groups excluding carboxylic acids is 1. The molecule has 0 spiro atoms. The molecular weight excluding hydrogens is 371 g/mol. The Morgan fingerprint density at radius 3 is 2.85 bits per heavy atom. The first-order chi connectivity index (χ1) is 13.1. The van der Waals surface area contributed by atoms with Gasteiger partial charge < -0.3 is 4.74 Å². The topological polar surface area (TPSA) is 69.4 Å². The normalized spacial score (nSPS) is 12.6. The highest BCUT2D eigenvalue weighted by atomic mass is 35.5. The van der Waals surface area contributed by atoms with Crippen LogP contribution in [0.3, 0.4) is 0 Å². The predicted octanol–water partition coefficient (Wildman–Crippen LogP) is 3.59. The summed E-state index contributed by atoms with van der Waals surface area (Å²) in [6, 6.07) is 11.5. The molecule has 0 radical (unpaired) electrons. The molecule has 0 aliphatic carbocycles. The van der Waals surface area contributed by atoms with Crippen LogP contribution in [0.5, 0.6) is 0 Å². The lowest BCUT2D eigenvalue weighted by Gasteiger charge is -2.11. The van der Waals surface area contributed by atoms with E-state index in [-0.39, 0.29) is 24.8 Å². The molecule has 0 saturated carbocycles. The molecule has 0 saturated heterocycles. The summed E-state index contributed by atoms with van der Waals surface area (Å²) in [6.45, 7) is 2.06. The van der Waals surface area contributed by atoms with Gasteiger partial charge in [-0.3, -0.25) is 4.99 Å². The van der Waals surface area contributed by atoms with Gasteiger partial charge in [0.25, 0.3) is 5.82 Å². The van der Waals surface area contributed by atoms with E-state index in [1.807, 2.05) is 0 Å². The largest absolute Gasteiger partial charge is 0.460 e. The molecule has 0 N–H and O–H groups in total. The average molecular weight is 385 g/mol. The summed E-state index contributed by atoms with van der Waals surface area (Å²) in [5, 5.41) is 4.75. The molecule has 1 aromatic heterocycles. The van der Waals surface area contributed by atoms with E-state index in [2.05, 4.69) is 15.1 Å². The van der Waals surface area contributed by atoms with Gasteiger partial charge in [-0.25, -0.2) is 18.9 Å². The number of nitrogens with zero attached hydrogens (tertiary/aromatic N) is 4. The molecule has 1 aliphatic heterocycles. The van der Waals surface area contributed by atoms with E-state index in [0.29, 0.717) is 33.4 Å². The number of carbonyl (C=O) groups is 1. The highest BCUT2D eigenvalue weighted by Crippen LogP contribution is 2.27. The molecule has 3 aromatic rings. The third-order valence-electron chi connectivity index (χ3n) is 4.08. The Bertz CT molecular complexity index is 1080. The Hall–Kier alpha value is -3.06. The molecule has 1 aliphatic rings. The molecule has 0 fully saturated rings. The molecule has 136 valence electrons. The maximum atomic E-state index is 14.4. The van der Waals surface area contributed by atoms with Crippen molar-refractivity contribution in [3.8, 4) is 5.69 Å². The monoisotopic (exact) mass is 384 g/mol. The van der Waals surface area contributed by atoms with Crippen molar-refractivity contribution in [2.24, 2.45) is 4.99 Å². The van der Waals surface area contributed by atoms with Gasteiger partial charge in [-0.1, -0.05) is 23.7 Å². The fraction of sp³-hybridized carbons (Fsp3) is 0.158. The zero-order chi connectivity index (χ0) is 19.0. The highest BCUT2D eigenvalue weighted by molar-refractivity contribution is 6.31. The Labute approximate surface area is 159 Å². The van der Waals surface area contributed by atoms with Crippen LogP contribution >= 0.6 is 11.6 Å². The fourth-order valence-corrected chi connectivity index (χ4v) is 3.09. The highest BCUT2D eigenvalue weighted by Gasteiger charge is 2.25. The summed E-state index contributed by atoms with van der Waals surface area (Å²) in [4.78, 5) is 20.8. The van der Waals surface area contributed by atoms with Gasteiger partial charge in [-0.15, -0.1) is 5.10 Å². The second-order valence-electron chi connectivity index (χ2n) is 5.79. The number of ether oxygens (including phenoxy) is 1. The molecule has 8 heteroatoms. The van der Waals surface area contributed by atoms with Gasteiger partial charge in [0.05, 0.1) is 24.6 Å². The van der Waals surface area contributed by atoms with Gasteiger partial charge in [-0.2, -0.15) is 0 Å². The van der Waals surface area contributed by atoms with Gasteiger partial charge in [0.15, 0.2) is 5.82 Å². The lowest BCUT2D eigenvalue weighted by molar-refractivity contribution is 0.0512. The third-order valence-corrected chi connectivity index (χ3v) is 4.32. The van der Waals surface area contributed by atoms with Crippen LogP contribution in [0.2, 0.25) is 5.02 Å². The van der Waals surface area contributed by atoms with Crippen LogP contribution < -0.4 is 0 Å². The minimum absolute atomic E-state index is 0.0442. The maximum absolute atomic E-state index is 14.4. The maximum Gasteiger partial charge on any atom is 0.378 e. The number of fused-ring (bicyclic) bond motifs is 3. The lowest BCUT2D eigenvalue weighted by Crippen LogP contribution is -2.11. The number of esters is 1. The first kappa shape index (κ1) is 17.4. The molecule has 0 atom stereocenters. The summed E-state index contributed by atoms with van der Waals surface area (Å²) in [5.41, 5.74) is 2.02. The zero-order valence-corrected chi connectivity index (χ0v) is 15.1. The Morgan fingerprint density at radius 2 is 2.07 bits per heavy atom. The van der Waals surface area contributed by atoms with Crippen LogP contribution in [0.1, 0.15) is 34.5 Å². The van der Waals surface area contributed by atoms with Crippen molar-refractivity contribution >= 4 is 23.3 Å². The second-order valence-corrected chi connectivity index (χ2v) is 6.23. The quantitative estimate of drug-likeness (QED) is 0.647. The molecule has 0 unspecified atom stereocenters.